The van der Waals surface area contributed by atoms with Crippen molar-refractivity contribution in [3.8, 4) is 17.1 Å². The number of hydrogen-bond acceptors (Lipinski definition) is 5. The molecule has 7 heteroatoms. The first-order valence-corrected chi connectivity index (χ1v) is 12.3. The van der Waals surface area contributed by atoms with Crippen LogP contribution in [0.1, 0.15) is 44.7 Å². The second-order valence-electron chi connectivity index (χ2n) is 9.58. The Kier molecular flexibility index (Phi) is 6.79. The third kappa shape index (κ3) is 5.58. The zero-order chi connectivity index (χ0) is 23.6. The Morgan fingerprint density at radius 1 is 1.09 bits per heavy atom. The fourth-order valence-electron chi connectivity index (χ4n) is 3.76. The van der Waals surface area contributed by atoms with Crippen LogP contribution in [0.15, 0.2) is 53.7 Å². The standard InChI is InChI=1S/C26H32N4O2S/c1-26(2,3)20-10-8-19(9-11-20)24-27-28-25(29(24)4)33-17-23(31)30(21-12-13-21)16-18-6-14-22(32-5)15-7-18/h6-11,14-15,21H,12-13,16-17H2,1-5H3. The van der Waals surface area contributed by atoms with Crippen molar-refractivity contribution in [1.29, 1.82) is 0 Å². The van der Waals surface area contributed by atoms with Crippen LogP contribution in [-0.2, 0) is 23.8 Å². The van der Waals surface area contributed by atoms with E-state index < -0.39 is 0 Å². The van der Waals surface area contributed by atoms with Crippen molar-refractivity contribution in [2.75, 3.05) is 12.9 Å². The second-order valence-corrected chi connectivity index (χ2v) is 10.5. The van der Waals surface area contributed by atoms with Gasteiger partial charge in [-0.05, 0) is 41.5 Å². The number of ether oxygens (including phenoxy) is 1. The highest BCUT2D eigenvalue weighted by molar-refractivity contribution is 7.99. The second kappa shape index (κ2) is 9.59. The van der Waals surface area contributed by atoms with Gasteiger partial charge in [-0.15, -0.1) is 10.2 Å². The Hall–Kier alpha value is -2.80. The molecule has 1 heterocycles. The molecule has 6 nitrogen and oxygen atoms in total. The van der Waals surface area contributed by atoms with E-state index >= 15 is 0 Å². The van der Waals surface area contributed by atoms with Crippen LogP contribution < -0.4 is 4.74 Å². The molecule has 0 unspecified atom stereocenters. The summed E-state index contributed by atoms with van der Waals surface area (Å²) in [5.41, 5.74) is 3.53. The first-order chi connectivity index (χ1) is 15.8. The minimum Gasteiger partial charge on any atom is -0.497 e. The van der Waals surface area contributed by atoms with Crippen molar-refractivity contribution in [3.63, 3.8) is 0 Å². The lowest BCUT2D eigenvalue weighted by atomic mass is 9.87. The first-order valence-electron chi connectivity index (χ1n) is 11.3. The molecule has 1 aliphatic carbocycles. The molecule has 4 rings (SSSR count). The van der Waals surface area contributed by atoms with Gasteiger partial charge in [-0.1, -0.05) is 68.9 Å². The van der Waals surface area contributed by atoms with Crippen LogP contribution in [0.25, 0.3) is 11.4 Å². The monoisotopic (exact) mass is 464 g/mol. The summed E-state index contributed by atoms with van der Waals surface area (Å²) in [5, 5.41) is 9.49. The molecule has 33 heavy (non-hydrogen) atoms. The van der Waals surface area contributed by atoms with Crippen molar-refractivity contribution < 1.29 is 9.53 Å². The van der Waals surface area contributed by atoms with Gasteiger partial charge in [0.25, 0.3) is 0 Å². The maximum absolute atomic E-state index is 13.1. The van der Waals surface area contributed by atoms with Gasteiger partial charge in [0.15, 0.2) is 11.0 Å². The van der Waals surface area contributed by atoms with E-state index in [0.29, 0.717) is 18.3 Å². The molecule has 0 atom stereocenters. The summed E-state index contributed by atoms with van der Waals surface area (Å²) < 4.78 is 7.20. The molecule has 1 fully saturated rings. The molecule has 0 aliphatic heterocycles. The maximum atomic E-state index is 13.1. The Balaban J connectivity index is 1.40. The van der Waals surface area contributed by atoms with Gasteiger partial charge in [0, 0.05) is 25.2 Å². The van der Waals surface area contributed by atoms with E-state index in [1.165, 1.54) is 17.3 Å². The van der Waals surface area contributed by atoms with Crippen LogP contribution >= 0.6 is 11.8 Å². The molecule has 1 amide bonds. The largest absolute Gasteiger partial charge is 0.497 e. The smallest absolute Gasteiger partial charge is 0.233 e. The van der Waals surface area contributed by atoms with Crippen LogP contribution in [-0.4, -0.2) is 44.5 Å². The Labute approximate surface area is 200 Å². The van der Waals surface area contributed by atoms with E-state index in [1.807, 2.05) is 40.8 Å². The zero-order valence-electron chi connectivity index (χ0n) is 20.0. The number of thioether (sulfide) groups is 1. The van der Waals surface area contributed by atoms with E-state index in [4.69, 9.17) is 4.74 Å². The topological polar surface area (TPSA) is 60.2 Å². The lowest BCUT2D eigenvalue weighted by Gasteiger charge is -2.22. The van der Waals surface area contributed by atoms with Crippen molar-refractivity contribution in [3.05, 3.63) is 59.7 Å². The van der Waals surface area contributed by atoms with Gasteiger partial charge >= 0.3 is 0 Å². The highest BCUT2D eigenvalue weighted by Gasteiger charge is 2.32. The highest BCUT2D eigenvalue weighted by atomic mass is 32.2. The van der Waals surface area contributed by atoms with Crippen molar-refractivity contribution in [1.82, 2.24) is 19.7 Å². The van der Waals surface area contributed by atoms with Crippen LogP contribution in [0, 0.1) is 0 Å². The number of benzene rings is 2. The fourth-order valence-corrected chi connectivity index (χ4v) is 4.55. The number of rotatable bonds is 8. The molecule has 3 aromatic rings. The molecular formula is C26H32N4O2S. The van der Waals surface area contributed by atoms with Crippen molar-refractivity contribution >= 4 is 17.7 Å². The van der Waals surface area contributed by atoms with Gasteiger partial charge in [-0.3, -0.25) is 4.79 Å². The number of carbonyl (C=O) groups excluding carboxylic acids is 1. The van der Waals surface area contributed by atoms with Crippen LogP contribution in [0.2, 0.25) is 0 Å². The van der Waals surface area contributed by atoms with Crippen LogP contribution in [0.4, 0.5) is 0 Å². The van der Waals surface area contributed by atoms with E-state index in [0.717, 1.165) is 40.7 Å². The molecule has 174 valence electrons. The third-order valence-electron chi connectivity index (χ3n) is 5.99. The number of amides is 1. The Morgan fingerprint density at radius 2 is 1.76 bits per heavy atom. The minimum absolute atomic E-state index is 0.110. The van der Waals surface area contributed by atoms with Gasteiger partial charge in [0.2, 0.25) is 5.91 Å². The predicted octanol–water partition coefficient (Wildman–Crippen LogP) is 5.07. The highest BCUT2D eigenvalue weighted by Crippen LogP contribution is 2.31. The van der Waals surface area contributed by atoms with E-state index in [2.05, 4.69) is 55.2 Å². The molecular weight excluding hydrogens is 432 g/mol. The van der Waals surface area contributed by atoms with Gasteiger partial charge in [-0.2, -0.15) is 0 Å². The summed E-state index contributed by atoms with van der Waals surface area (Å²) in [6, 6.07) is 16.7. The van der Waals surface area contributed by atoms with E-state index in [9.17, 15) is 4.79 Å². The molecule has 0 spiro atoms. The summed E-state index contributed by atoms with van der Waals surface area (Å²) >= 11 is 1.45. The molecule has 1 saturated carbocycles. The third-order valence-corrected chi connectivity index (χ3v) is 6.99. The fraction of sp³-hybridized carbons (Fsp3) is 0.423. The molecule has 0 radical (unpaired) electrons. The van der Waals surface area contributed by atoms with Gasteiger partial charge < -0.3 is 14.2 Å². The summed E-state index contributed by atoms with van der Waals surface area (Å²) in [6.07, 6.45) is 2.15. The summed E-state index contributed by atoms with van der Waals surface area (Å²) in [6.45, 7) is 7.24. The Morgan fingerprint density at radius 3 is 2.33 bits per heavy atom. The average Bonchev–Trinajstić information content (AvgIpc) is 3.58. The number of carbonyl (C=O) groups is 1. The molecule has 2 aromatic carbocycles. The number of methoxy groups -OCH3 is 1. The Bertz CT molecular complexity index is 1100. The van der Waals surface area contributed by atoms with Crippen LogP contribution in [0.3, 0.4) is 0 Å². The van der Waals surface area contributed by atoms with Crippen molar-refractivity contribution in [2.45, 2.75) is 56.8 Å². The molecule has 0 N–H and O–H groups in total. The lowest BCUT2D eigenvalue weighted by Crippen LogP contribution is -2.34. The zero-order valence-corrected chi connectivity index (χ0v) is 20.9. The quantitative estimate of drug-likeness (QED) is 0.436. The maximum Gasteiger partial charge on any atom is 0.233 e. The molecule has 0 saturated heterocycles. The average molecular weight is 465 g/mol. The predicted molar refractivity (Wildman–Crippen MR) is 132 cm³/mol. The van der Waals surface area contributed by atoms with Gasteiger partial charge in [0.1, 0.15) is 5.75 Å². The number of nitrogens with zero attached hydrogens (tertiary/aromatic N) is 4. The number of aromatic nitrogens is 3. The first kappa shape index (κ1) is 23.4. The van der Waals surface area contributed by atoms with Gasteiger partial charge in [-0.25, -0.2) is 0 Å². The summed E-state index contributed by atoms with van der Waals surface area (Å²) in [7, 11) is 3.61. The van der Waals surface area contributed by atoms with E-state index in [-0.39, 0.29) is 11.3 Å². The summed E-state index contributed by atoms with van der Waals surface area (Å²) in [5.74, 6) is 2.12. The lowest BCUT2D eigenvalue weighted by molar-refractivity contribution is -0.129. The van der Waals surface area contributed by atoms with Gasteiger partial charge in [0.05, 0.1) is 12.9 Å². The molecule has 1 aromatic heterocycles. The number of hydrogen-bond donors (Lipinski definition) is 0. The minimum atomic E-state index is 0.110. The van der Waals surface area contributed by atoms with E-state index in [1.54, 1.807) is 7.11 Å². The molecule has 0 bridgehead atoms. The normalized spacial score (nSPS) is 13.7. The van der Waals surface area contributed by atoms with Crippen LogP contribution in [0.5, 0.6) is 5.75 Å². The molecule has 1 aliphatic rings. The SMILES string of the molecule is COc1ccc(CN(C(=O)CSc2nnc(-c3ccc(C(C)(C)C)cc3)n2C)C2CC2)cc1. The van der Waals surface area contributed by atoms with Crippen molar-refractivity contribution in [2.24, 2.45) is 7.05 Å². The summed E-state index contributed by atoms with van der Waals surface area (Å²) in [4.78, 5) is 15.1.